The van der Waals surface area contributed by atoms with Gasteiger partial charge in [-0.1, -0.05) is 60.7 Å². The van der Waals surface area contributed by atoms with Crippen molar-refractivity contribution in [2.75, 3.05) is 13.1 Å². The lowest BCUT2D eigenvalue weighted by atomic mass is 9.86. The number of hydrogen-bond donors (Lipinski definition) is 1. The lowest BCUT2D eigenvalue weighted by Crippen LogP contribution is -2.48. The molecule has 0 spiro atoms. The third-order valence-corrected chi connectivity index (χ3v) is 4.48. The van der Waals surface area contributed by atoms with Gasteiger partial charge in [0, 0.05) is 19.1 Å². The second kappa shape index (κ2) is 6.88. The van der Waals surface area contributed by atoms with Crippen LogP contribution < -0.4 is 5.73 Å². The van der Waals surface area contributed by atoms with Crippen LogP contribution in [0.3, 0.4) is 0 Å². The Hall–Kier alpha value is -1.64. The summed E-state index contributed by atoms with van der Waals surface area (Å²) in [5.74, 6) is 0.611. The van der Waals surface area contributed by atoms with Gasteiger partial charge in [-0.25, -0.2) is 0 Å². The highest BCUT2D eigenvalue weighted by atomic mass is 15.1. The van der Waals surface area contributed by atoms with Gasteiger partial charge in [-0.05, 0) is 36.4 Å². The molecule has 0 aromatic heterocycles. The maximum Gasteiger partial charge on any atom is 0.0234 e. The van der Waals surface area contributed by atoms with Gasteiger partial charge in [0.15, 0.2) is 0 Å². The molecule has 2 nitrogen and oxygen atoms in total. The predicted molar refractivity (Wildman–Crippen MR) is 87.9 cm³/mol. The average Bonchev–Trinajstić information content (AvgIpc) is 2.52. The Morgan fingerprint density at radius 3 is 2.14 bits per heavy atom. The number of nitrogens with zero attached hydrogens (tertiary/aromatic N) is 1. The third kappa shape index (κ3) is 3.93. The van der Waals surface area contributed by atoms with Crippen LogP contribution in [0.25, 0.3) is 0 Å². The van der Waals surface area contributed by atoms with Gasteiger partial charge < -0.3 is 5.73 Å². The monoisotopic (exact) mass is 280 g/mol. The predicted octanol–water partition coefficient (Wildman–Crippen LogP) is 3.08. The number of nitrogens with two attached hydrogens (primary N) is 1. The first kappa shape index (κ1) is 14.3. The van der Waals surface area contributed by atoms with E-state index in [0.717, 1.165) is 26.1 Å². The van der Waals surface area contributed by atoms with Crippen LogP contribution in [-0.4, -0.2) is 24.0 Å². The smallest absolute Gasteiger partial charge is 0.0234 e. The van der Waals surface area contributed by atoms with E-state index in [1.165, 1.54) is 17.5 Å². The summed E-state index contributed by atoms with van der Waals surface area (Å²) in [6.07, 6.45) is 2.31. The quantitative estimate of drug-likeness (QED) is 0.932. The molecule has 2 unspecified atom stereocenters. The molecule has 2 atom stereocenters. The first-order valence-corrected chi connectivity index (χ1v) is 7.87. The fourth-order valence-corrected chi connectivity index (χ4v) is 3.26. The Morgan fingerprint density at radius 1 is 0.905 bits per heavy atom. The van der Waals surface area contributed by atoms with Crippen molar-refractivity contribution < 1.29 is 0 Å². The Bertz CT molecular complexity index is 538. The summed E-state index contributed by atoms with van der Waals surface area (Å²) in [4.78, 5) is 2.49. The number of benzene rings is 2. The normalized spacial score (nSPS) is 23.1. The zero-order chi connectivity index (χ0) is 14.5. The lowest BCUT2D eigenvalue weighted by molar-refractivity contribution is 0.153. The number of hydrogen-bond acceptors (Lipinski definition) is 2. The van der Waals surface area contributed by atoms with Gasteiger partial charge >= 0.3 is 0 Å². The van der Waals surface area contributed by atoms with Crippen molar-refractivity contribution in [1.29, 1.82) is 0 Å². The summed E-state index contributed by atoms with van der Waals surface area (Å²) in [6, 6.07) is 21.7. The molecule has 0 radical (unpaired) electrons. The fraction of sp³-hybridized carbons (Fsp3) is 0.368. The molecule has 2 N–H and O–H groups in total. The summed E-state index contributed by atoms with van der Waals surface area (Å²) >= 11 is 0. The molecule has 1 saturated heterocycles. The van der Waals surface area contributed by atoms with E-state index >= 15 is 0 Å². The van der Waals surface area contributed by atoms with E-state index in [1.54, 1.807) is 0 Å². The van der Waals surface area contributed by atoms with Crippen molar-refractivity contribution in [2.24, 2.45) is 11.7 Å². The van der Waals surface area contributed by atoms with Crippen molar-refractivity contribution in [1.82, 2.24) is 4.90 Å². The summed E-state index contributed by atoms with van der Waals surface area (Å²) < 4.78 is 0. The number of piperidine rings is 1. The first-order valence-electron chi connectivity index (χ1n) is 7.87. The Kier molecular flexibility index (Phi) is 4.69. The van der Waals surface area contributed by atoms with Gasteiger partial charge in [-0.3, -0.25) is 4.90 Å². The maximum atomic E-state index is 6.43. The summed E-state index contributed by atoms with van der Waals surface area (Å²) in [5.41, 5.74) is 9.22. The van der Waals surface area contributed by atoms with Crippen molar-refractivity contribution in [3.63, 3.8) is 0 Å². The zero-order valence-electron chi connectivity index (χ0n) is 12.5. The Labute approximate surface area is 127 Å². The van der Waals surface area contributed by atoms with Crippen LogP contribution in [0, 0.1) is 5.92 Å². The van der Waals surface area contributed by atoms with E-state index in [1.807, 2.05) is 0 Å². The molecule has 2 aromatic rings. The second-order valence-corrected chi connectivity index (χ2v) is 6.12. The molecule has 1 aliphatic heterocycles. The summed E-state index contributed by atoms with van der Waals surface area (Å²) in [6.45, 7) is 3.18. The van der Waals surface area contributed by atoms with Crippen LogP contribution in [0.1, 0.15) is 17.5 Å². The molecule has 0 amide bonds. The highest BCUT2D eigenvalue weighted by molar-refractivity contribution is 5.17. The van der Waals surface area contributed by atoms with Crippen molar-refractivity contribution >= 4 is 0 Å². The molecule has 2 heteroatoms. The van der Waals surface area contributed by atoms with Gasteiger partial charge in [-0.2, -0.15) is 0 Å². The molecule has 21 heavy (non-hydrogen) atoms. The van der Waals surface area contributed by atoms with Crippen molar-refractivity contribution in [3.05, 3.63) is 71.8 Å². The Balaban J connectivity index is 1.54. The molecule has 0 saturated carbocycles. The number of likely N-dealkylation sites (tertiary alicyclic amines) is 1. The molecule has 0 aliphatic carbocycles. The average molecular weight is 280 g/mol. The number of rotatable bonds is 4. The van der Waals surface area contributed by atoms with E-state index in [0.29, 0.717) is 5.92 Å². The van der Waals surface area contributed by atoms with Gasteiger partial charge in [0.1, 0.15) is 0 Å². The highest BCUT2D eigenvalue weighted by Gasteiger charge is 2.26. The summed E-state index contributed by atoms with van der Waals surface area (Å²) in [7, 11) is 0. The standard InChI is InChI=1S/C19H24N2/c20-19-15-21(14-17-9-5-2-6-10-17)12-11-18(19)13-16-7-3-1-4-8-16/h1-10,18-19H,11-15,20H2. The van der Waals surface area contributed by atoms with Crippen molar-refractivity contribution in [2.45, 2.75) is 25.4 Å². The lowest BCUT2D eigenvalue weighted by Gasteiger charge is -2.37. The Morgan fingerprint density at radius 2 is 1.52 bits per heavy atom. The zero-order valence-corrected chi connectivity index (χ0v) is 12.5. The minimum Gasteiger partial charge on any atom is -0.326 e. The van der Waals surface area contributed by atoms with Crippen LogP contribution in [0.2, 0.25) is 0 Å². The topological polar surface area (TPSA) is 29.3 Å². The van der Waals surface area contributed by atoms with Crippen LogP contribution in [0.4, 0.5) is 0 Å². The molecule has 0 bridgehead atoms. The molecule has 1 fully saturated rings. The minimum atomic E-state index is 0.280. The first-order chi connectivity index (χ1) is 10.3. The van der Waals surface area contributed by atoms with Crippen LogP contribution >= 0.6 is 0 Å². The maximum absolute atomic E-state index is 6.43. The SMILES string of the molecule is NC1CN(Cc2ccccc2)CCC1Cc1ccccc1. The van der Waals surface area contributed by atoms with Gasteiger partial charge in [0.2, 0.25) is 0 Å². The van der Waals surface area contributed by atoms with Crippen LogP contribution in [0.15, 0.2) is 60.7 Å². The van der Waals surface area contributed by atoms with E-state index in [-0.39, 0.29) is 6.04 Å². The van der Waals surface area contributed by atoms with E-state index < -0.39 is 0 Å². The van der Waals surface area contributed by atoms with E-state index in [9.17, 15) is 0 Å². The van der Waals surface area contributed by atoms with E-state index in [2.05, 4.69) is 65.6 Å². The van der Waals surface area contributed by atoms with Crippen LogP contribution in [-0.2, 0) is 13.0 Å². The summed E-state index contributed by atoms with van der Waals surface area (Å²) in [5, 5.41) is 0. The molecular weight excluding hydrogens is 256 g/mol. The molecule has 110 valence electrons. The minimum absolute atomic E-state index is 0.280. The van der Waals surface area contributed by atoms with Gasteiger partial charge in [0.05, 0.1) is 0 Å². The third-order valence-electron chi connectivity index (χ3n) is 4.48. The fourth-order valence-electron chi connectivity index (χ4n) is 3.26. The molecule has 3 rings (SSSR count). The molecule has 1 heterocycles. The molecule has 1 aliphatic rings. The van der Waals surface area contributed by atoms with Gasteiger partial charge in [0.25, 0.3) is 0 Å². The molecular formula is C19H24N2. The van der Waals surface area contributed by atoms with Crippen LogP contribution in [0.5, 0.6) is 0 Å². The highest BCUT2D eigenvalue weighted by Crippen LogP contribution is 2.22. The van der Waals surface area contributed by atoms with E-state index in [4.69, 9.17) is 5.73 Å². The molecule has 2 aromatic carbocycles. The second-order valence-electron chi connectivity index (χ2n) is 6.12. The van der Waals surface area contributed by atoms with Gasteiger partial charge in [-0.15, -0.1) is 0 Å². The largest absolute Gasteiger partial charge is 0.326 e. The van der Waals surface area contributed by atoms with Crippen molar-refractivity contribution in [3.8, 4) is 0 Å².